The third-order valence-corrected chi connectivity index (χ3v) is 4.13. The number of halogens is 1. The number of ether oxygens (including phenoxy) is 2. The summed E-state index contributed by atoms with van der Waals surface area (Å²) in [6.07, 6.45) is 2.81. The normalized spacial score (nSPS) is 17.7. The number of carbonyl (C=O) groups excluding carboxylic acids is 1. The second kappa shape index (κ2) is 8.20. The Kier molecular flexibility index (Phi) is 5.75. The van der Waals surface area contributed by atoms with Gasteiger partial charge in [-0.3, -0.25) is 9.69 Å². The molecule has 1 atom stereocenters. The fraction of sp³-hybridized carbons (Fsp3) is 0.389. The Morgan fingerprint density at radius 1 is 1.42 bits per heavy atom. The number of hydrogen-bond acceptors (Lipinski definition) is 6. The molecule has 2 aromatic rings. The van der Waals surface area contributed by atoms with Gasteiger partial charge < -0.3 is 14.8 Å². The van der Waals surface area contributed by atoms with Crippen LogP contribution in [-0.2, 0) is 16.1 Å². The van der Waals surface area contributed by atoms with Gasteiger partial charge in [0.2, 0.25) is 5.91 Å². The zero-order valence-electron chi connectivity index (χ0n) is 14.7. The molecule has 8 heteroatoms. The van der Waals surface area contributed by atoms with Gasteiger partial charge in [-0.25, -0.2) is 14.4 Å². The van der Waals surface area contributed by atoms with Crippen molar-refractivity contribution in [3.05, 3.63) is 47.5 Å². The maximum atomic E-state index is 13.8. The Labute approximate surface area is 151 Å². The summed E-state index contributed by atoms with van der Waals surface area (Å²) in [4.78, 5) is 22.1. The van der Waals surface area contributed by atoms with E-state index in [0.717, 1.165) is 12.1 Å². The minimum atomic E-state index is -0.471. The van der Waals surface area contributed by atoms with Crippen LogP contribution in [0.4, 0.5) is 4.39 Å². The molecule has 0 spiro atoms. The lowest BCUT2D eigenvalue weighted by Crippen LogP contribution is -2.48. The maximum Gasteiger partial charge on any atom is 0.321 e. The monoisotopic (exact) mass is 360 g/mol. The van der Waals surface area contributed by atoms with E-state index in [2.05, 4.69) is 20.2 Å². The second-order valence-electron chi connectivity index (χ2n) is 6.07. The molecule has 0 unspecified atom stereocenters. The van der Waals surface area contributed by atoms with Gasteiger partial charge in [0.1, 0.15) is 6.10 Å². The van der Waals surface area contributed by atoms with Crippen molar-refractivity contribution in [3.8, 4) is 11.8 Å². The number of carbonyl (C=O) groups is 1. The number of morpholine rings is 1. The lowest BCUT2D eigenvalue weighted by Gasteiger charge is -2.31. The third-order valence-electron chi connectivity index (χ3n) is 4.13. The first-order valence-corrected chi connectivity index (χ1v) is 8.36. The molecule has 1 N–H and O–H groups in total. The van der Waals surface area contributed by atoms with Crippen LogP contribution < -0.4 is 10.1 Å². The highest BCUT2D eigenvalue weighted by Crippen LogP contribution is 2.25. The molecule has 26 heavy (non-hydrogen) atoms. The largest absolute Gasteiger partial charge is 0.421 e. The molecule has 1 aliphatic heterocycles. The summed E-state index contributed by atoms with van der Waals surface area (Å²) in [5, 5.41) is 2.60. The fourth-order valence-electron chi connectivity index (χ4n) is 2.74. The molecule has 1 aromatic heterocycles. The van der Waals surface area contributed by atoms with E-state index in [4.69, 9.17) is 9.47 Å². The predicted molar refractivity (Wildman–Crippen MR) is 92.3 cm³/mol. The quantitative estimate of drug-likeness (QED) is 0.874. The van der Waals surface area contributed by atoms with Gasteiger partial charge in [-0.15, -0.1) is 0 Å². The number of aryl methyl sites for hydroxylation is 1. The number of hydrogen-bond donors (Lipinski definition) is 1. The molecule has 7 nitrogen and oxygen atoms in total. The summed E-state index contributed by atoms with van der Waals surface area (Å²) in [6.45, 7) is 4.07. The summed E-state index contributed by atoms with van der Waals surface area (Å²) < 4.78 is 24.8. The zero-order chi connectivity index (χ0) is 18.5. The SMILES string of the molecule is CNC(=O)[C@@H]1CN(Cc2cnc(Oc3c(C)cccc3F)nc2)CCO1. The summed E-state index contributed by atoms with van der Waals surface area (Å²) in [5.41, 5.74) is 1.55. The number of rotatable bonds is 5. The van der Waals surface area contributed by atoms with Crippen molar-refractivity contribution in [2.75, 3.05) is 26.7 Å². The van der Waals surface area contributed by atoms with E-state index in [9.17, 15) is 9.18 Å². The number of amides is 1. The summed E-state index contributed by atoms with van der Waals surface area (Å²) in [5.74, 6) is -0.456. The number of nitrogens with one attached hydrogen (secondary N) is 1. The average Bonchev–Trinajstić information content (AvgIpc) is 2.66. The molecule has 0 saturated carbocycles. The fourth-order valence-corrected chi connectivity index (χ4v) is 2.74. The molecule has 2 heterocycles. The van der Waals surface area contributed by atoms with E-state index in [1.54, 1.807) is 38.5 Å². The smallest absolute Gasteiger partial charge is 0.321 e. The summed E-state index contributed by atoms with van der Waals surface area (Å²) in [6, 6.07) is 4.80. The van der Waals surface area contributed by atoms with Gasteiger partial charge in [-0.2, -0.15) is 0 Å². The van der Waals surface area contributed by atoms with Crippen molar-refractivity contribution in [1.82, 2.24) is 20.2 Å². The van der Waals surface area contributed by atoms with Crippen LogP contribution in [0.15, 0.2) is 30.6 Å². The minimum absolute atomic E-state index is 0.0900. The van der Waals surface area contributed by atoms with Crippen molar-refractivity contribution in [3.63, 3.8) is 0 Å². The zero-order valence-corrected chi connectivity index (χ0v) is 14.7. The number of nitrogens with zero attached hydrogens (tertiary/aromatic N) is 3. The van der Waals surface area contributed by atoms with Crippen molar-refractivity contribution in [2.24, 2.45) is 0 Å². The second-order valence-corrected chi connectivity index (χ2v) is 6.07. The van der Waals surface area contributed by atoms with Crippen LogP contribution in [0.3, 0.4) is 0 Å². The molecule has 1 aromatic carbocycles. The molecule has 1 aliphatic rings. The highest BCUT2D eigenvalue weighted by Gasteiger charge is 2.25. The highest BCUT2D eigenvalue weighted by atomic mass is 19.1. The van der Waals surface area contributed by atoms with Gasteiger partial charge in [-0.1, -0.05) is 12.1 Å². The van der Waals surface area contributed by atoms with Crippen LogP contribution in [0.25, 0.3) is 0 Å². The topological polar surface area (TPSA) is 76.6 Å². The van der Waals surface area contributed by atoms with Gasteiger partial charge in [0, 0.05) is 44.6 Å². The van der Waals surface area contributed by atoms with Crippen LogP contribution >= 0.6 is 0 Å². The van der Waals surface area contributed by atoms with Crippen LogP contribution in [0, 0.1) is 12.7 Å². The lowest BCUT2D eigenvalue weighted by molar-refractivity contribution is -0.138. The Morgan fingerprint density at radius 3 is 2.88 bits per heavy atom. The first-order valence-electron chi connectivity index (χ1n) is 8.36. The molecule has 0 aliphatic carbocycles. The number of likely N-dealkylation sites (N-methyl/N-ethyl adjacent to an activating group) is 1. The molecule has 1 saturated heterocycles. The van der Waals surface area contributed by atoms with Gasteiger partial charge in [-0.05, 0) is 18.6 Å². The van der Waals surface area contributed by atoms with Crippen molar-refractivity contribution in [1.29, 1.82) is 0 Å². The van der Waals surface area contributed by atoms with Gasteiger partial charge >= 0.3 is 6.01 Å². The van der Waals surface area contributed by atoms with Gasteiger partial charge in [0.05, 0.1) is 6.61 Å². The Balaban J connectivity index is 1.62. The van der Waals surface area contributed by atoms with E-state index >= 15 is 0 Å². The van der Waals surface area contributed by atoms with E-state index in [1.807, 2.05) is 0 Å². The van der Waals surface area contributed by atoms with Crippen LogP contribution in [0.1, 0.15) is 11.1 Å². The van der Waals surface area contributed by atoms with Crippen LogP contribution in [0.2, 0.25) is 0 Å². The predicted octanol–water partition coefficient (Wildman–Crippen LogP) is 1.66. The molecular weight excluding hydrogens is 339 g/mol. The number of para-hydroxylation sites is 1. The van der Waals surface area contributed by atoms with Gasteiger partial charge in [0.15, 0.2) is 11.6 Å². The third kappa shape index (κ3) is 4.33. The first kappa shape index (κ1) is 18.2. The Bertz CT molecular complexity index is 749. The average molecular weight is 360 g/mol. The van der Waals surface area contributed by atoms with Crippen molar-refractivity contribution >= 4 is 5.91 Å². The number of aromatic nitrogens is 2. The summed E-state index contributed by atoms with van der Waals surface area (Å²) >= 11 is 0. The molecule has 3 rings (SSSR count). The Morgan fingerprint density at radius 2 is 2.19 bits per heavy atom. The first-order chi connectivity index (χ1) is 12.6. The molecular formula is C18H21FN4O3. The van der Waals surface area contributed by atoms with E-state index in [0.29, 0.717) is 25.3 Å². The molecule has 0 bridgehead atoms. The van der Waals surface area contributed by atoms with Crippen LogP contribution in [0.5, 0.6) is 11.8 Å². The molecule has 1 fully saturated rings. The highest BCUT2D eigenvalue weighted by molar-refractivity contribution is 5.80. The number of benzene rings is 1. The lowest BCUT2D eigenvalue weighted by atomic mass is 10.2. The standard InChI is InChI=1S/C18H21FN4O3/c1-12-4-3-5-14(19)16(12)26-18-21-8-13(9-22-18)10-23-6-7-25-15(11-23)17(24)20-2/h3-5,8-9,15H,6-7,10-11H2,1-2H3,(H,20,24)/t15-/m0/s1. The Hall–Kier alpha value is -2.58. The minimum Gasteiger partial charge on any atom is -0.421 e. The molecule has 138 valence electrons. The maximum absolute atomic E-state index is 13.8. The molecule has 1 amide bonds. The van der Waals surface area contributed by atoms with E-state index in [-0.39, 0.29) is 17.7 Å². The molecule has 0 radical (unpaired) electrons. The van der Waals surface area contributed by atoms with E-state index < -0.39 is 11.9 Å². The van der Waals surface area contributed by atoms with E-state index in [1.165, 1.54) is 6.07 Å². The van der Waals surface area contributed by atoms with Crippen LogP contribution in [-0.4, -0.2) is 53.6 Å². The van der Waals surface area contributed by atoms with Crippen molar-refractivity contribution < 1.29 is 18.7 Å². The van der Waals surface area contributed by atoms with Gasteiger partial charge in [0.25, 0.3) is 0 Å². The van der Waals surface area contributed by atoms with Crippen molar-refractivity contribution in [2.45, 2.75) is 19.6 Å². The summed E-state index contributed by atoms with van der Waals surface area (Å²) in [7, 11) is 1.59.